The molecule has 0 fully saturated rings. The first kappa shape index (κ1) is 24.3. The molecule has 0 spiro atoms. The number of rotatable bonds is 3. The molecule has 0 bridgehead atoms. The number of aromatic nitrogens is 1. The molecule has 4 nitrogen and oxygen atoms in total. The second kappa shape index (κ2) is 9.26. The van der Waals surface area contributed by atoms with Gasteiger partial charge >= 0.3 is 0 Å². The Bertz CT molecular complexity index is 1980. The number of ether oxygens (including phenoxy) is 2. The lowest BCUT2D eigenvalue weighted by Crippen LogP contribution is -2.56. The van der Waals surface area contributed by atoms with Gasteiger partial charge in [0.25, 0.3) is 0 Å². The summed E-state index contributed by atoms with van der Waals surface area (Å²) in [5.41, 5.74) is 3.94. The van der Waals surface area contributed by atoms with Gasteiger partial charge in [-0.3, -0.25) is 4.98 Å². The van der Waals surface area contributed by atoms with Crippen molar-refractivity contribution in [2.75, 3.05) is 4.90 Å². The van der Waals surface area contributed by atoms with E-state index in [9.17, 15) is 0 Å². The molecule has 1 aromatic heterocycles. The predicted octanol–water partition coefficient (Wildman–Crippen LogP) is 8.89. The summed E-state index contributed by atoms with van der Waals surface area (Å²) in [6.45, 7) is 4.82. The van der Waals surface area contributed by atoms with Crippen LogP contribution in [0.2, 0.25) is 13.1 Å². The minimum atomic E-state index is -2.04. The van der Waals surface area contributed by atoms with Crippen LogP contribution < -0.4 is 24.7 Å². The molecule has 0 amide bonds. The highest BCUT2D eigenvalue weighted by molar-refractivity contribution is 7.99. The monoisotopic (exact) mass is 566 g/mol. The van der Waals surface area contributed by atoms with E-state index in [0.717, 1.165) is 60.8 Å². The van der Waals surface area contributed by atoms with Crippen molar-refractivity contribution in [3.63, 3.8) is 0 Å². The topological polar surface area (TPSA) is 34.6 Å². The number of benzene rings is 5. The molecule has 0 radical (unpaired) electrons. The van der Waals surface area contributed by atoms with Gasteiger partial charge in [0.2, 0.25) is 0 Å². The number of para-hydroxylation sites is 4. The van der Waals surface area contributed by atoms with E-state index < -0.39 is 8.07 Å². The van der Waals surface area contributed by atoms with Crippen LogP contribution in [0.4, 0.5) is 17.1 Å². The van der Waals surface area contributed by atoms with Crippen LogP contribution in [0.1, 0.15) is 0 Å². The van der Waals surface area contributed by atoms with E-state index in [1.807, 2.05) is 30.5 Å². The molecule has 0 saturated heterocycles. The molecule has 0 saturated carbocycles. The van der Waals surface area contributed by atoms with Crippen LogP contribution in [-0.2, 0) is 0 Å². The van der Waals surface area contributed by atoms with Crippen LogP contribution in [0.25, 0.3) is 10.9 Å². The zero-order valence-electron chi connectivity index (χ0n) is 22.7. The fraction of sp³-hybridized carbons (Fsp3) is 0.0571. The average molecular weight is 567 g/mol. The molecule has 0 atom stereocenters. The molecule has 2 aliphatic heterocycles. The molecule has 2 aliphatic rings. The molecule has 198 valence electrons. The highest BCUT2D eigenvalue weighted by Crippen LogP contribution is 2.54. The second-order valence-corrected chi connectivity index (χ2v) is 16.2. The van der Waals surface area contributed by atoms with Crippen molar-refractivity contribution in [1.82, 2.24) is 4.98 Å². The summed E-state index contributed by atoms with van der Waals surface area (Å²) in [6, 6.07) is 40.0. The molecule has 0 unspecified atom stereocenters. The molecule has 5 aromatic carbocycles. The number of hydrogen-bond donors (Lipinski definition) is 0. The lowest BCUT2D eigenvalue weighted by molar-refractivity contribution is 0.455. The number of hydrogen-bond acceptors (Lipinski definition) is 5. The van der Waals surface area contributed by atoms with E-state index in [1.165, 1.54) is 10.4 Å². The first-order chi connectivity index (χ1) is 20.1. The van der Waals surface area contributed by atoms with Gasteiger partial charge in [-0.05, 0) is 58.9 Å². The lowest BCUT2D eigenvalue weighted by Gasteiger charge is -2.37. The maximum atomic E-state index is 6.82. The number of pyridine rings is 1. The molecule has 6 aromatic rings. The summed E-state index contributed by atoms with van der Waals surface area (Å²) < 4.78 is 13.2. The Morgan fingerprint density at radius 2 is 1.29 bits per heavy atom. The average Bonchev–Trinajstić information content (AvgIpc) is 3.01. The van der Waals surface area contributed by atoms with Crippen LogP contribution in [-0.4, -0.2) is 13.1 Å². The number of anilines is 3. The third-order valence-corrected chi connectivity index (χ3v) is 12.7. The Hall–Kier alpha value is -4.52. The van der Waals surface area contributed by atoms with Crippen molar-refractivity contribution in [2.45, 2.75) is 22.9 Å². The van der Waals surface area contributed by atoms with E-state index in [-0.39, 0.29) is 0 Å². The summed E-state index contributed by atoms with van der Waals surface area (Å²) in [6.07, 6.45) is 1.86. The van der Waals surface area contributed by atoms with E-state index in [4.69, 9.17) is 14.5 Å². The van der Waals surface area contributed by atoms with Crippen molar-refractivity contribution in [3.8, 4) is 23.0 Å². The summed E-state index contributed by atoms with van der Waals surface area (Å²) in [4.78, 5) is 9.34. The summed E-state index contributed by atoms with van der Waals surface area (Å²) in [7, 11) is -2.04. The van der Waals surface area contributed by atoms with Crippen molar-refractivity contribution in [3.05, 3.63) is 121 Å². The highest BCUT2D eigenvalue weighted by Gasteiger charge is 2.39. The zero-order chi connectivity index (χ0) is 27.6. The largest absolute Gasteiger partial charge is 0.455 e. The quantitative estimate of drug-likeness (QED) is 0.200. The van der Waals surface area contributed by atoms with Crippen LogP contribution in [0.5, 0.6) is 23.0 Å². The third kappa shape index (κ3) is 3.79. The van der Waals surface area contributed by atoms with Gasteiger partial charge in [0, 0.05) is 11.6 Å². The van der Waals surface area contributed by atoms with Crippen LogP contribution >= 0.6 is 11.8 Å². The minimum absolute atomic E-state index is 0.843. The number of nitrogens with zero attached hydrogens (tertiary/aromatic N) is 2. The molecule has 3 heterocycles. The van der Waals surface area contributed by atoms with Crippen molar-refractivity contribution in [2.24, 2.45) is 0 Å². The second-order valence-electron chi connectivity index (χ2n) is 10.8. The van der Waals surface area contributed by atoms with Gasteiger partial charge in [0.1, 0.15) is 25.3 Å². The standard InChI is InChI=1S/C35H26N2O2SSi/c1-41(2)31-20-6-4-17-28(31)39-34-25(14-9-21-32(34)41)37(24-13-7-11-23-12-10-22-36-33(23)24)26-15-8-18-29-35(26)40-30-19-5-3-16-27(30)38-29/h3-22H,1-2H3. The van der Waals surface area contributed by atoms with Crippen LogP contribution in [0.15, 0.2) is 131 Å². The van der Waals surface area contributed by atoms with Crippen LogP contribution in [0.3, 0.4) is 0 Å². The van der Waals surface area contributed by atoms with E-state index in [1.54, 1.807) is 11.8 Å². The first-order valence-electron chi connectivity index (χ1n) is 13.7. The first-order valence-corrected chi connectivity index (χ1v) is 17.5. The molecular formula is C35H26N2O2SSi. The van der Waals surface area contributed by atoms with Gasteiger partial charge in [0.15, 0.2) is 5.75 Å². The predicted molar refractivity (Wildman–Crippen MR) is 170 cm³/mol. The number of fused-ring (bicyclic) bond motifs is 5. The van der Waals surface area contributed by atoms with Crippen LogP contribution in [0, 0.1) is 0 Å². The molecule has 0 N–H and O–H groups in total. The van der Waals surface area contributed by atoms with Crippen molar-refractivity contribution < 1.29 is 9.47 Å². The Morgan fingerprint density at radius 1 is 0.610 bits per heavy atom. The van der Waals surface area contributed by atoms with Gasteiger partial charge in [0.05, 0.1) is 32.4 Å². The molecule has 0 aliphatic carbocycles. The normalized spacial score (nSPS) is 14.1. The summed E-state index contributed by atoms with van der Waals surface area (Å²) in [5, 5.41) is 3.69. The fourth-order valence-corrected chi connectivity index (χ4v) is 9.86. The lowest BCUT2D eigenvalue weighted by atomic mass is 10.1. The van der Waals surface area contributed by atoms with Gasteiger partial charge in [-0.2, -0.15) is 0 Å². The summed E-state index contributed by atoms with van der Waals surface area (Å²) in [5.74, 6) is 3.58. The smallest absolute Gasteiger partial charge is 0.151 e. The van der Waals surface area contributed by atoms with Gasteiger partial charge in [-0.1, -0.05) is 91.6 Å². The van der Waals surface area contributed by atoms with Gasteiger partial charge in [-0.15, -0.1) is 0 Å². The molecule has 6 heteroatoms. The molecular weight excluding hydrogens is 541 g/mol. The zero-order valence-corrected chi connectivity index (χ0v) is 24.5. The maximum Gasteiger partial charge on any atom is 0.151 e. The SMILES string of the molecule is C[Si]1(C)c2ccccc2Oc2c(N(c3cccc4c3Sc3ccccc3O4)c3cccc4cccnc34)cccc21. The molecule has 8 rings (SSSR count). The highest BCUT2D eigenvalue weighted by atomic mass is 32.2. The van der Waals surface area contributed by atoms with E-state index in [0.29, 0.717) is 0 Å². The maximum absolute atomic E-state index is 6.82. The van der Waals surface area contributed by atoms with E-state index >= 15 is 0 Å². The Balaban J connectivity index is 1.41. The van der Waals surface area contributed by atoms with Gasteiger partial charge < -0.3 is 14.4 Å². The van der Waals surface area contributed by atoms with Crippen molar-refractivity contribution in [1.29, 1.82) is 0 Å². The third-order valence-electron chi connectivity index (χ3n) is 8.01. The summed E-state index contributed by atoms with van der Waals surface area (Å²) >= 11 is 1.74. The fourth-order valence-electron chi connectivity index (χ4n) is 6.00. The van der Waals surface area contributed by atoms with Crippen molar-refractivity contribution >= 4 is 58.2 Å². The Labute approximate surface area is 244 Å². The Morgan fingerprint density at radius 3 is 2.22 bits per heavy atom. The molecule has 41 heavy (non-hydrogen) atoms. The Kier molecular flexibility index (Phi) is 5.49. The van der Waals surface area contributed by atoms with Gasteiger partial charge in [-0.25, -0.2) is 0 Å². The van der Waals surface area contributed by atoms with E-state index in [2.05, 4.69) is 109 Å². The minimum Gasteiger partial charge on any atom is -0.455 e.